The lowest BCUT2D eigenvalue weighted by Gasteiger charge is -1.90. The first-order valence-electron chi connectivity index (χ1n) is 5.58. The van der Waals surface area contributed by atoms with Gasteiger partial charge < -0.3 is 10.8 Å². The Labute approximate surface area is 102 Å². The molecule has 0 aliphatic heterocycles. The fourth-order valence-electron chi connectivity index (χ4n) is 0.870. The molecule has 0 saturated heterocycles. The molecule has 3 N–H and O–H groups in total. The molecule has 0 aromatic heterocycles. The number of hydrogen-bond donors (Lipinski definition) is 2. The van der Waals surface area contributed by atoms with Gasteiger partial charge in [0.15, 0.2) is 0 Å². The first-order chi connectivity index (χ1) is 7.58. The van der Waals surface area contributed by atoms with Crippen molar-refractivity contribution in [1.82, 2.24) is 0 Å². The average Bonchev–Trinajstić information content (AvgIpc) is 2.27. The minimum absolute atomic E-state index is 0.0475. The van der Waals surface area contributed by atoms with E-state index in [-0.39, 0.29) is 25.2 Å². The Bertz CT molecular complexity index is 182. The molecule has 0 spiro atoms. The number of unbranched alkanes of at least 4 members (excludes halogenated alkanes) is 3. The Morgan fingerprint density at radius 3 is 2.19 bits per heavy atom. The number of ketones is 1. The van der Waals surface area contributed by atoms with Gasteiger partial charge in [0.1, 0.15) is 5.78 Å². The highest BCUT2D eigenvalue weighted by Crippen LogP contribution is 1.98. The summed E-state index contributed by atoms with van der Waals surface area (Å²) in [4.78, 5) is 20.2. The molecule has 0 fully saturated rings. The van der Waals surface area contributed by atoms with Gasteiger partial charge >= 0.3 is 5.97 Å². The number of halogens is 1. The zero-order valence-electron chi connectivity index (χ0n) is 9.88. The minimum Gasteiger partial charge on any atom is -0.481 e. The topological polar surface area (TPSA) is 80.4 Å². The number of rotatable bonds is 8. The highest BCUT2D eigenvalue weighted by atomic mass is 35.5. The van der Waals surface area contributed by atoms with Crippen molar-refractivity contribution in [2.75, 3.05) is 12.4 Å². The molecule has 5 heteroatoms. The van der Waals surface area contributed by atoms with Gasteiger partial charge in [-0.05, 0) is 6.42 Å². The van der Waals surface area contributed by atoms with Crippen LogP contribution in [0.15, 0.2) is 0 Å². The molecule has 0 aromatic rings. The van der Waals surface area contributed by atoms with E-state index >= 15 is 0 Å². The number of carbonyl (C=O) groups is 2. The quantitative estimate of drug-likeness (QED) is 0.512. The number of alkyl halides is 1. The van der Waals surface area contributed by atoms with Gasteiger partial charge in [-0.15, -0.1) is 11.6 Å². The van der Waals surface area contributed by atoms with Crippen LogP contribution in [0.2, 0.25) is 0 Å². The number of nitrogens with two attached hydrogens (primary N) is 1. The second-order valence-electron chi connectivity index (χ2n) is 3.39. The molecular weight excluding hydrogens is 230 g/mol. The molecule has 0 atom stereocenters. The number of carboxylic acids is 1. The standard InChI is InChI=1S/C6H13Cl.C5H9NO3/c1-2-3-4-5-6-7;6-3-4(7)1-2-5(8)9/h2-6H2,1H3;1-3,6H2,(H,8,9). The molecule has 0 heterocycles. The number of aliphatic carboxylic acids is 1. The van der Waals surface area contributed by atoms with Crippen molar-refractivity contribution in [3.8, 4) is 0 Å². The van der Waals surface area contributed by atoms with Gasteiger partial charge in [-0.1, -0.05) is 26.2 Å². The first kappa shape index (κ1) is 17.8. The van der Waals surface area contributed by atoms with Crippen molar-refractivity contribution in [1.29, 1.82) is 0 Å². The van der Waals surface area contributed by atoms with Gasteiger partial charge in [-0.2, -0.15) is 0 Å². The summed E-state index contributed by atoms with van der Waals surface area (Å²) in [5, 5.41) is 8.06. The van der Waals surface area contributed by atoms with Crippen LogP contribution in [0.25, 0.3) is 0 Å². The van der Waals surface area contributed by atoms with Gasteiger partial charge in [-0.3, -0.25) is 9.59 Å². The van der Waals surface area contributed by atoms with Crippen molar-refractivity contribution in [2.24, 2.45) is 5.73 Å². The predicted octanol–water partition coefficient (Wildman–Crippen LogP) is 2.18. The third kappa shape index (κ3) is 19.0. The number of Topliss-reactive ketones (excluding diaryl/α,β-unsaturated/α-hetero) is 1. The Balaban J connectivity index is 0. The molecular formula is C11H22ClNO3. The molecule has 0 saturated carbocycles. The van der Waals surface area contributed by atoms with E-state index < -0.39 is 5.97 Å². The van der Waals surface area contributed by atoms with Crippen LogP contribution in [-0.4, -0.2) is 29.3 Å². The zero-order valence-corrected chi connectivity index (χ0v) is 10.6. The summed E-state index contributed by atoms with van der Waals surface area (Å²) in [6, 6.07) is 0. The Kier molecular flexibility index (Phi) is 16.0. The monoisotopic (exact) mass is 251 g/mol. The van der Waals surface area contributed by atoms with Crippen LogP contribution in [0, 0.1) is 0 Å². The number of carboxylic acid groups (broad SMARTS) is 1. The van der Waals surface area contributed by atoms with Crippen LogP contribution in [-0.2, 0) is 9.59 Å². The van der Waals surface area contributed by atoms with Crippen molar-refractivity contribution in [2.45, 2.75) is 45.4 Å². The molecule has 0 unspecified atom stereocenters. The third-order valence-electron chi connectivity index (χ3n) is 1.83. The summed E-state index contributed by atoms with van der Waals surface area (Å²) >= 11 is 5.44. The summed E-state index contributed by atoms with van der Waals surface area (Å²) in [5.41, 5.74) is 4.92. The molecule has 0 aliphatic rings. The Morgan fingerprint density at radius 1 is 1.19 bits per heavy atom. The van der Waals surface area contributed by atoms with Crippen molar-refractivity contribution in [3.05, 3.63) is 0 Å². The number of carbonyl (C=O) groups excluding carboxylic acids is 1. The van der Waals surface area contributed by atoms with E-state index in [9.17, 15) is 9.59 Å². The van der Waals surface area contributed by atoms with Crippen LogP contribution in [0.4, 0.5) is 0 Å². The van der Waals surface area contributed by atoms with E-state index in [0.717, 1.165) is 5.88 Å². The van der Waals surface area contributed by atoms with Crippen molar-refractivity contribution >= 4 is 23.4 Å². The lowest BCUT2D eigenvalue weighted by atomic mass is 10.2. The van der Waals surface area contributed by atoms with E-state index in [4.69, 9.17) is 22.4 Å². The lowest BCUT2D eigenvalue weighted by Crippen LogP contribution is -2.14. The van der Waals surface area contributed by atoms with Gasteiger partial charge in [0.05, 0.1) is 13.0 Å². The van der Waals surface area contributed by atoms with Gasteiger partial charge in [0, 0.05) is 12.3 Å². The lowest BCUT2D eigenvalue weighted by molar-refractivity contribution is -0.138. The van der Waals surface area contributed by atoms with Crippen LogP contribution in [0.5, 0.6) is 0 Å². The molecule has 0 amide bonds. The Morgan fingerprint density at radius 2 is 1.81 bits per heavy atom. The van der Waals surface area contributed by atoms with Crippen molar-refractivity contribution < 1.29 is 14.7 Å². The summed E-state index contributed by atoms with van der Waals surface area (Å²) in [6.07, 6.45) is 5.07. The van der Waals surface area contributed by atoms with Gasteiger partial charge in [-0.25, -0.2) is 0 Å². The molecule has 96 valence electrons. The molecule has 16 heavy (non-hydrogen) atoms. The van der Waals surface area contributed by atoms with Crippen LogP contribution in [0.1, 0.15) is 45.4 Å². The van der Waals surface area contributed by atoms with E-state index in [1.165, 1.54) is 25.7 Å². The second kappa shape index (κ2) is 14.4. The number of hydrogen-bond acceptors (Lipinski definition) is 3. The smallest absolute Gasteiger partial charge is 0.303 e. The minimum atomic E-state index is -0.961. The summed E-state index contributed by atoms with van der Waals surface area (Å²) in [5.74, 6) is -0.339. The maximum atomic E-state index is 10.3. The second-order valence-corrected chi connectivity index (χ2v) is 3.76. The summed E-state index contributed by atoms with van der Waals surface area (Å²) in [7, 11) is 0. The van der Waals surface area contributed by atoms with E-state index in [2.05, 4.69) is 6.92 Å². The fraction of sp³-hybridized carbons (Fsp3) is 0.818. The molecule has 0 aliphatic carbocycles. The zero-order chi connectivity index (χ0) is 12.8. The summed E-state index contributed by atoms with van der Waals surface area (Å²) in [6.45, 7) is 2.14. The van der Waals surface area contributed by atoms with E-state index in [1.54, 1.807) is 0 Å². The van der Waals surface area contributed by atoms with Gasteiger partial charge in [0.2, 0.25) is 0 Å². The molecule has 0 rings (SSSR count). The Hall–Kier alpha value is -0.610. The molecule has 0 bridgehead atoms. The van der Waals surface area contributed by atoms with E-state index in [1.807, 2.05) is 0 Å². The SMILES string of the molecule is CCCCCCCl.NCC(=O)CCC(=O)O. The van der Waals surface area contributed by atoms with Crippen LogP contribution in [0.3, 0.4) is 0 Å². The van der Waals surface area contributed by atoms with Crippen LogP contribution < -0.4 is 5.73 Å². The molecule has 0 radical (unpaired) electrons. The first-order valence-corrected chi connectivity index (χ1v) is 6.11. The van der Waals surface area contributed by atoms with Gasteiger partial charge in [0.25, 0.3) is 0 Å². The largest absolute Gasteiger partial charge is 0.481 e. The summed E-state index contributed by atoms with van der Waals surface area (Å²) < 4.78 is 0. The molecule has 0 aromatic carbocycles. The van der Waals surface area contributed by atoms with Crippen LogP contribution >= 0.6 is 11.6 Å². The maximum absolute atomic E-state index is 10.3. The van der Waals surface area contributed by atoms with Crippen molar-refractivity contribution in [3.63, 3.8) is 0 Å². The molecule has 4 nitrogen and oxygen atoms in total. The van der Waals surface area contributed by atoms with E-state index in [0.29, 0.717) is 0 Å². The predicted molar refractivity (Wildman–Crippen MR) is 65.8 cm³/mol. The fourth-order valence-corrected chi connectivity index (χ4v) is 1.06. The maximum Gasteiger partial charge on any atom is 0.303 e. The highest BCUT2D eigenvalue weighted by Gasteiger charge is 2.01. The average molecular weight is 252 g/mol. The highest BCUT2D eigenvalue weighted by molar-refractivity contribution is 6.17. The normalized spacial score (nSPS) is 9.19. The third-order valence-corrected chi connectivity index (χ3v) is 2.10.